The van der Waals surface area contributed by atoms with Crippen LogP contribution in [0.25, 0.3) is 0 Å². The first kappa shape index (κ1) is 16.1. The van der Waals surface area contributed by atoms with Crippen LogP contribution < -0.4 is 0 Å². The number of hydrogen-bond acceptors (Lipinski definition) is 4. The van der Waals surface area contributed by atoms with Crippen LogP contribution in [-0.2, 0) is 9.53 Å². The molecule has 0 aromatic carbocycles. The molecule has 21 heavy (non-hydrogen) atoms. The van der Waals surface area contributed by atoms with E-state index in [1.807, 2.05) is 20.8 Å². The Hall–Kier alpha value is -1.30. The monoisotopic (exact) mass is 298 g/mol. The maximum Gasteiger partial charge on any atom is 0.410 e. The Labute approximate surface area is 126 Å². The van der Waals surface area contributed by atoms with E-state index in [1.165, 1.54) is 0 Å². The zero-order valence-electron chi connectivity index (χ0n) is 13.2. The molecule has 0 bridgehead atoms. The van der Waals surface area contributed by atoms with E-state index in [0.717, 1.165) is 25.9 Å². The fourth-order valence-electron chi connectivity index (χ4n) is 3.10. The SMILES string of the molecule is CC(C)(C)OC(=O)N1C[C@@H](C(=O)O)C[C@H](N2CCCC2)C1. The van der Waals surface area contributed by atoms with Gasteiger partial charge in [0, 0.05) is 19.1 Å². The van der Waals surface area contributed by atoms with Gasteiger partial charge in [-0.3, -0.25) is 9.69 Å². The summed E-state index contributed by atoms with van der Waals surface area (Å²) >= 11 is 0. The summed E-state index contributed by atoms with van der Waals surface area (Å²) in [6.07, 6.45) is 2.52. The zero-order valence-corrected chi connectivity index (χ0v) is 13.2. The van der Waals surface area contributed by atoms with Crippen LogP contribution in [0, 0.1) is 5.92 Å². The first-order valence-electron chi connectivity index (χ1n) is 7.71. The van der Waals surface area contributed by atoms with E-state index in [4.69, 9.17) is 4.74 Å². The molecule has 0 aromatic heterocycles. The minimum atomic E-state index is -0.826. The number of aliphatic carboxylic acids is 1. The quantitative estimate of drug-likeness (QED) is 0.841. The van der Waals surface area contributed by atoms with Crippen LogP contribution in [0.2, 0.25) is 0 Å². The number of carbonyl (C=O) groups is 2. The van der Waals surface area contributed by atoms with Crippen LogP contribution in [0.15, 0.2) is 0 Å². The molecule has 0 aromatic rings. The van der Waals surface area contributed by atoms with Gasteiger partial charge in [-0.15, -0.1) is 0 Å². The molecular weight excluding hydrogens is 272 g/mol. The standard InChI is InChI=1S/C15H26N2O4/c1-15(2,3)21-14(20)17-9-11(13(18)19)8-12(10-17)16-6-4-5-7-16/h11-12H,4-10H2,1-3H3,(H,18,19)/t11-,12-/m0/s1. The molecule has 0 radical (unpaired) electrons. The molecule has 2 rings (SSSR count). The lowest BCUT2D eigenvalue weighted by Crippen LogP contribution is -2.54. The lowest BCUT2D eigenvalue weighted by atomic mass is 9.93. The minimum absolute atomic E-state index is 0.134. The van der Waals surface area contributed by atoms with E-state index in [-0.39, 0.29) is 12.6 Å². The van der Waals surface area contributed by atoms with Gasteiger partial charge in [-0.2, -0.15) is 0 Å². The van der Waals surface area contributed by atoms with E-state index < -0.39 is 23.6 Å². The first-order valence-corrected chi connectivity index (χ1v) is 7.71. The molecule has 2 fully saturated rings. The van der Waals surface area contributed by atoms with Gasteiger partial charge in [0.1, 0.15) is 5.60 Å². The molecule has 2 saturated heterocycles. The molecule has 0 unspecified atom stereocenters. The average Bonchev–Trinajstić information content (AvgIpc) is 2.90. The molecule has 120 valence electrons. The zero-order chi connectivity index (χ0) is 15.6. The number of nitrogens with zero attached hydrogens (tertiary/aromatic N) is 2. The van der Waals surface area contributed by atoms with E-state index in [0.29, 0.717) is 13.0 Å². The minimum Gasteiger partial charge on any atom is -0.481 e. The molecule has 0 aliphatic carbocycles. The molecule has 2 aliphatic rings. The van der Waals surface area contributed by atoms with Crippen molar-refractivity contribution in [1.82, 2.24) is 9.80 Å². The van der Waals surface area contributed by atoms with Crippen LogP contribution in [0.5, 0.6) is 0 Å². The highest BCUT2D eigenvalue weighted by Gasteiger charge is 2.38. The summed E-state index contributed by atoms with van der Waals surface area (Å²) in [5.41, 5.74) is -0.559. The molecule has 2 heterocycles. The van der Waals surface area contributed by atoms with Gasteiger partial charge in [0.05, 0.1) is 5.92 Å². The molecule has 2 aliphatic heterocycles. The lowest BCUT2D eigenvalue weighted by molar-refractivity contribution is -0.144. The highest BCUT2D eigenvalue weighted by atomic mass is 16.6. The third-order valence-electron chi connectivity index (χ3n) is 4.09. The Morgan fingerprint density at radius 2 is 1.76 bits per heavy atom. The number of hydrogen-bond donors (Lipinski definition) is 1. The summed E-state index contributed by atoms with van der Waals surface area (Å²) in [5.74, 6) is -1.33. The molecule has 1 N–H and O–H groups in total. The number of rotatable bonds is 2. The Bertz CT molecular complexity index is 399. The molecule has 0 saturated carbocycles. The fourth-order valence-corrected chi connectivity index (χ4v) is 3.10. The predicted molar refractivity (Wildman–Crippen MR) is 78.1 cm³/mol. The van der Waals surface area contributed by atoms with E-state index in [1.54, 1.807) is 4.90 Å². The van der Waals surface area contributed by atoms with E-state index >= 15 is 0 Å². The van der Waals surface area contributed by atoms with Gasteiger partial charge in [-0.1, -0.05) is 0 Å². The number of carboxylic acid groups (broad SMARTS) is 1. The Morgan fingerprint density at radius 3 is 2.29 bits per heavy atom. The van der Waals surface area contributed by atoms with Crippen LogP contribution >= 0.6 is 0 Å². The highest BCUT2D eigenvalue weighted by Crippen LogP contribution is 2.25. The van der Waals surface area contributed by atoms with Crippen molar-refractivity contribution in [2.45, 2.75) is 51.7 Å². The van der Waals surface area contributed by atoms with E-state index in [9.17, 15) is 14.7 Å². The second kappa shape index (κ2) is 6.22. The number of carbonyl (C=O) groups excluding carboxylic acids is 1. The van der Waals surface area contributed by atoms with Crippen LogP contribution in [0.1, 0.15) is 40.0 Å². The normalized spacial score (nSPS) is 27.7. The summed E-state index contributed by atoms with van der Waals surface area (Å²) in [6, 6.07) is 0.134. The van der Waals surface area contributed by atoms with Gasteiger partial charge in [0.25, 0.3) is 0 Å². The maximum absolute atomic E-state index is 12.2. The maximum atomic E-state index is 12.2. The number of piperidine rings is 1. The molecule has 2 atom stereocenters. The van der Waals surface area contributed by atoms with Crippen molar-refractivity contribution in [3.05, 3.63) is 0 Å². The van der Waals surface area contributed by atoms with Crippen LogP contribution in [-0.4, -0.2) is 64.8 Å². The summed E-state index contributed by atoms with van der Waals surface area (Å²) in [5, 5.41) is 9.33. The topological polar surface area (TPSA) is 70.1 Å². The van der Waals surface area contributed by atoms with Crippen molar-refractivity contribution >= 4 is 12.1 Å². The van der Waals surface area contributed by atoms with Crippen molar-refractivity contribution in [3.8, 4) is 0 Å². The number of ether oxygens (including phenoxy) is 1. The van der Waals surface area contributed by atoms with Crippen molar-refractivity contribution in [1.29, 1.82) is 0 Å². The number of likely N-dealkylation sites (tertiary alicyclic amines) is 2. The number of carboxylic acids is 1. The van der Waals surface area contributed by atoms with Crippen molar-refractivity contribution in [3.63, 3.8) is 0 Å². The summed E-state index contributed by atoms with van der Waals surface area (Å²) < 4.78 is 5.39. The van der Waals surface area contributed by atoms with Gasteiger partial charge in [0.15, 0.2) is 0 Å². The number of amides is 1. The predicted octanol–water partition coefficient (Wildman–Crippen LogP) is 1.79. The van der Waals surface area contributed by atoms with Gasteiger partial charge in [-0.05, 0) is 53.1 Å². The summed E-state index contributed by atoms with van der Waals surface area (Å²) in [7, 11) is 0. The second-order valence-corrected chi connectivity index (χ2v) is 7.05. The third kappa shape index (κ3) is 4.33. The van der Waals surface area contributed by atoms with Gasteiger partial charge in [0.2, 0.25) is 0 Å². The van der Waals surface area contributed by atoms with Gasteiger partial charge in [-0.25, -0.2) is 4.79 Å². The Kier molecular flexibility index (Phi) is 4.76. The van der Waals surface area contributed by atoms with Gasteiger partial charge < -0.3 is 14.7 Å². The average molecular weight is 298 g/mol. The molecule has 6 heteroatoms. The first-order chi connectivity index (χ1) is 9.76. The largest absolute Gasteiger partial charge is 0.481 e. The molecular formula is C15H26N2O4. The second-order valence-electron chi connectivity index (χ2n) is 7.05. The van der Waals surface area contributed by atoms with Crippen molar-refractivity contribution < 1.29 is 19.4 Å². The highest BCUT2D eigenvalue weighted by molar-refractivity contribution is 5.73. The van der Waals surface area contributed by atoms with Gasteiger partial charge >= 0.3 is 12.1 Å². The van der Waals surface area contributed by atoms with Crippen LogP contribution in [0.4, 0.5) is 4.79 Å². The molecule has 6 nitrogen and oxygen atoms in total. The van der Waals surface area contributed by atoms with Crippen molar-refractivity contribution in [2.75, 3.05) is 26.2 Å². The third-order valence-corrected chi connectivity index (χ3v) is 4.09. The van der Waals surface area contributed by atoms with E-state index in [2.05, 4.69) is 4.90 Å². The molecule has 0 spiro atoms. The van der Waals surface area contributed by atoms with Crippen LogP contribution in [0.3, 0.4) is 0 Å². The Morgan fingerprint density at radius 1 is 1.14 bits per heavy atom. The smallest absolute Gasteiger partial charge is 0.410 e. The Balaban J connectivity index is 2.05. The molecule has 1 amide bonds. The lowest BCUT2D eigenvalue weighted by Gasteiger charge is -2.40. The fraction of sp³-hybridized carbons (Fsp3) is 0.867. The summed E-state index contributed by atoms with van der Waals surface area (Å²) in [4.78, 5) is 27.5. The van der Waals surface area contributed by atoms with Crippen molar-refractivity contribution in [2.24, 2.45) is 5.92 Å². The summed E-state index contributed by atoms with van der Waals surface area (Å²) in [6.45, 7) is 8.27.